The van der Waals surface area contributed by atoms with Gasteiger partial charge in [0.05, 0.1) is 0 Å². The monoisotopic (exact) mass is 356 g/mol. The number of carbonyl (C=O) groups excluding carboxylic acids is 2. The van der Waals surface area contributed by atoms with Crippen LogP contribution in [-0.4, -0.2) is 29.4 Å². The summed E-state index contributed by atoms with van der Waals surface area (Å²) in [5.74, 6) is -1.72. The van der Waals surface area contributed by atoms with Gasteiger partial charge in [-0.3, -0.25) is 9.59 Å². The van der Waals surface area contributed by atoms with Crippen molar-refractivity contribution in [1.82, 2.24) is 10.6 Å². The summed E-state index contributed by atoms with van der Waals surface area (Å²) in [4.78, 5) is 35.5. The second-order valence-corrected chi connectivity index (χ2v) is 7.20. The number of carbonyl (C=O) groups is 3. The first-order valence-corrected chi connectivity index (χ1v) is 8.47. The Morgan fingerprint density at radius 3 is 2.31 bits per heavy atom. The summed E-state index contributed by atoms with van der Waals surface area (Å²) in [5.41, 5.74) is -0.0335. The predicted molar refractivity (Wildman–Crippen MR) is 99.5 cm³/mol. The largest absolute Gasteiger partial charge is 0.479 e. The van der Waals surface area contributed by atoms with Gasteiger partial charge in [0.2, 0.25) is 11.8 Å². The Hall–Kier alpha value is -2.89. The molecule has 0 radical (unpaired) electrons. The molecule has 2 amide bonds. The maximum absolute atomic E-state index is 12.1. The van der Waals surface area contributed by atoms with Crippen molar-refractivity contribution in [1.29, 1.82) is 0 Å². The van der Waals surface area contributed by atoms with Gasteiger partial charge in [-0.2, -0.15) is 0 Å². The second-order valence-electron chi connectivity index (χ2n) is 7.20. The Labute approximate surface area is 152 Å². The molecule has 0 saturated carbocycles. The van der Waals surface area contributed by atoms with Crippen molar-refractivity contribution in [2.75, 3.05) is 6.54 Å². The molecule has 0 heterocycles. The van der Waals surface area contributed by atoms with Crippen LogP contribution in [0.2, 0.25) is 0 Å². The third-order valence-electron chi connectivity index (χ3n) is 3.98. The van der Waals surface area contributed by atoms with E-state index in [-0.39, 0.29) is 18.9 Å². The third kappa shape index (κ3) is 5.05. The summed E-state index contributed by atoms with van der Waals surface area (Å²) in [6.07, 6.45) is 0.0131. The van der Waals surface area contributed by atoms with Crippen LogP contribution in [0.5, 0.6) is 0 Å². The number of nitrogens with one attached hydrogen (secondary N) is 2. The Kier molecular flexibility index (Phi) is 5.97. The first-order chi connectivity index (χ1) is 12.2. The molecule has 0 spiro atoms. The molecule has 0 aromatic heterocycles. The maximum atomic E-state index is 12.1. The summed E-state index contributed by atoms with van der Waals surface area (Å²) in [7, 11) is 0. The SMILES string of the molecule is CC(C)(C)C(=O)NCCC(=O)NC(C(=O)O)c1ccc2ccccc2c1. The molecule has 0 fully saturated rings. The molecule has 1 atom stereocenters. The fraction of sp³-hybridized carbons (Fsp3) is 0.350. The molecule has 0 aliphatic rings. The molecule has 0 aliphatic heterocycles. The topological polar surface area (TPSA) is 95.5 Å². The summed E-state index contributed by atoms with van der Waals surface area (Å²) in [6.45, 7) is 5.50. The zero-order valence-electron chi connectivity index (χ0n) is 15.2. The van der Waals surface area contributed by atoms with Gasteiger partial charge in [0, 0.05) is 18.4 Å². The van der Waals surface area contributed by atoms with E-state index < -0.39 is 23.3 Å². The first kappa shape index (κ1) is 19.4. The second kappa shape index (κ2) is 7.99. The van der Waals surface area contributed by atoms with E-state index in [1.165, 1.54) is 0 Å². The number of carboxylic acid groups (broad SMARTS) is 1. The smallest absolute Gasteiger partial charge is 0.330 e. The highest BCUT2D eigenvalue weighted by molar-refractivity contribution is 5.88. The van der Waals surface area contributed by atoms with Crippen molar-refractivity contribution in [3.8, 4) is 0 Å². The number of rotatable bonds is 6. The van der Waals surface area contributed by atoms with Gasteiger partial charge >= 0.3 is 5.97 Å². The lowest BCUT2D eigenvalue weighted by molar-refractivity contribution is -0.142. The Balaban J connectivity index is 2.02. The van der Waals surface area contributed by atoms with E-state index in [2.05, 4.69) is 10.6 Å². The van der Waals surface area contributed by atoms with Crippen molar-refractivity contribution < 1.29 is 19.5 Å². The molecule has 6 heteroatoms. The lowest BCUT2D eigenvalue weighted by Gasteiger charge is -2.18. The molecular weight excluding hydrogens is 332 g/mol. The predicted octanol–water partition coefficient (Wildman–Crippen LogP) is 2.63. The third-order valence-corrected chi connectivity index (χ3v) is 3.98. The zero-order valence-corrected chi connectivity index (χ0v) is 15.2. The summed E-state index contributed by atoms with van der Waals surface area (Å²) in [5, 5.41) is 16.6. The lowest BCUT2D eigenvalue weighted by atomic mass is 9.96. The Bertz CT molecular complexity index is 824. The fourth-order valence-electron chi connectivity index (χ4n) is 2.46. The van der Waals surface area contributed by atoms with Crippen molar-refractivity contribution in [2.45, 2.75) is 33.2 Å². The minimum absolute atomic E-state index is 0.0131. The number of aliphatic carboxylic acids is 1. The molecule has 3 N–H and O–H groups in total. The van der Waals surface area contributed by atoms with Crippen molar-refractivity contribution in [3.05, 3.63) is 48.0 Å². The summed E-state index contributed by atoms with van der Waals surface area (Å²) < 4.78 is 0. The highest BCUT2D eigenvalue weighted by Gasteiger charge is 2.23. The highest BCUT2D eigenvalue weighted by atomic mass is 16.4. The molecule has 138 valence electrons. The van der Waals surface area contributed by atoms with Crippen LogP contribution in [0.3, 0.4) is 0 Å². The van der Waals surface area contributed by atoms with E-state index in [0.29, 0.717) is 5.56 Å². The maximum Gasteiger partial charge on any atom is 0.330 e. The van der Waals surface area contributed by atoms with E-state index in [1.807, 2.05) is 30.3 Å². The van der Waals surface area contributed by atoms with E-state index in [1.54, 1.807) is 32.9 Å². The number of amides is 2. The van der Waals surface area contributed by atoms with E-state index in [9.17, 15) is 19.5 Å². The molecule has 2 aromatic carbocycles. The summed E-state index contributed by atoms with van der Waals surface area (Å²) >= 11 is 0. The van der Waals surface area contributed by atoms with Crippen LogP contribution < -0.4 is 10.6 Å². The van der Waals surface area contributed by atoms with Gasteiger partial charge in [-0.1, -0.05) is 57.2 Å². The first-order valence-electron chi connectivity index (χ1n) is 8.47. The molecule has 1 unspecified atom stereocenters. The standard InChI is InChI=1S/C20H24N2O4/c1-20(2,3)19(26)21-11-10-16(23)22-17(18(24)25)15-9-8-13-6-4-5-7-14(13)12-15/h4-9,12,17H,10-11H2,1-3H3,(H,21,26)(H,22,23)(H,24,25). The molecule has 0 saturated heterocycles. The van der Waals surface area contributed by atoms with Gasteiger partial charge in [0.25, 0.3) is 0 Å². The quantitative estimate of drug-likeness (QED) is 0.741. The van der Waals surface area contributed by atoms with Gasteiger partial charge in [-0.15, -0.1) is 0 Å². The number of hydrogen-bond acceptors (Lipinski definition) is 3. The van der Waals surface area contributed by atoms with Crippen LogP contribution in [0.4, 0.5) is 0 Å². The van der Waals surface area contributed by atoms with Crippen LogP contribution in [0.1, 0.15) is 38.8 Å². The van der Waals surface area contributed by atoms with E-state index in [0.717, 1.165) is 10.8 Å². The van der Waals surface area contributed by atoms with Gasteiger partial charge < -0.3 is 15.7 Å². The number of carboxylic acids is 1. The van der Waals surface area contributed by atoms with Gasteiger partial charge in [0.1, 0.15) is 0 Å². The molecule has 0 bridgehead atoms. The van der Waals surface area contributed by atoms with Crippen molar-refractivity contribution in [3.63, 3.8) is 0 Å². The van der Waals surface area contributed by atoms with Gasteiger partial charge in [0.15, 0.2) is 6.04 Å². The van der Waals surface area contributed by atoms with E-state index in [4.69, 9.17) is 0 Å². The fourth-order valence-corrected chi connectivity index (χ4v) is 2.46. The number of fused-ring (bicyclic) bond motifs is 1. The molecule has 2 aromatic rings. The van der Waals surface area contributed by atoms with Gasteiger partial charge in [-0.05, 0) is 22.4 Å². The van der Waals surface area contributed by atoms with Crippen LogP contribution in [0.15, 0.2) is 42.5 Å². The van der Waals surface area contributed by atoms with Crippen LogP contribution in [0.25, 0.3) is 10.8 Å². The lowest BCUT2D eigenvalue weighted by Crippen LogP contribution is -2.39. The van der Waals surface area contributed by atoms with E-state index >= 15 is 0 Å². The van der Waals surface area contributed by atoms with Crippen molar-refractivity contribution >= 4 is 28.6 Å². The van der Waals surface area contributed by atoms with Crippen molar-refractivity contribution in [2.24, 2.45) is 5.41 Å². The highest BCUT2D eigenvalue weighted by Crippen LogP contribution is 2.21. The Morgan fingerprint density at radius 1 is 1.04 bits per heavy atom. The van der Waals surface area contributed by atoms with Crippen LogP contribution >= 0.6 is 0 Å². The normalized spacial score (nSPS) is 12.4. The van der Waals surface area contributed by atoms with Crippen LogP contribution in [-0.2, 0) is 14.4 Å². The minimum Gasteiger partial charge on any atom is -0.479 e. The molecular formula is C20H24N2O4. The zero-order chi connectivity index (χ0) is 19.3. The number of hydrogen-bond donors (Lipinski definition) is 3. The molecule has 6 nitrogen and oxygen atoms in total. The Morgan fingerprint density at radius 2 is 1.69 bits per heavy atom. The molecule has 2 rings (SSSR count). The average Bonchev–Trinajstić information content (AvgIpc) is 2.58. The molecule has 0 aliphatic carbocycles. The van der Waals surface area contributed by atoms with Gasteiger partial charge in [-0.25, -0.2) is 4.79 Å². The molecule has 26 heavy (non-hydrogen) atoms. The number of benzene rings is 2. The summed E-state index contributed by atoms with van der Waals surface area (Å²) in [6, 6.07) is 11.8. The minimum atomic E-state index is -1.13. The average molecular weight is 356 g/mol. The van der Waals surface area contributed by atoms with Crippen LogP contribution in [0, 0.1) is 5.41 Å².